The Balaban J connectivity index is 2.26. The minimum absolute atomic E-state index is 0.838. The van der Waals surface area contributed by atoms with Crippen LogP contribution in [0.15, 0.2) is 24.3 Å². The van der Waals surface area contributed by atoms with Crippen molar-refractivity contribution in [3.05, 3.63) is 24.3 Å². The third-order valence-electron chi connectivity index (χ3n) is 1.63. The summed E-state index contributed by atoms with van der Waals surface area (Å²) in [5.41, 5.74) is 6.91. The van der Waals surface area contributed by atoms with Crippen molar-refractivity contribution in [3.63, 3.8) is 0 Å². The second kappa shape index (κ2) is 3.99. The molecule has 0 aliphatic carbocycles. The van der Waals surface area contributed by atoms with E-state index < -0.39 is 12.3 Å². The van der Waals surface area contributed by atoms with Gasteiger partial charge in [0.05, 0.1) is 0 Å². The molecule has 1 saturated heterocycles. The Labute approximate surface area is 83.7 Å². The van der Waals surface area contributed by atoms with Crippen LogP contribution in [-0.4, -0.2) is 23.8 Å². The monoisotopic (exact) mass is 259 g/mol. The van der Waals surface area contributed by atoms with Gasteiger partial charge in [-0.2, -0.15) is 0 Å². The molecule has 4 heteroatoms. The predicted octanol–water partition coefficient (Wildman–Crippen LogP) is 1.44. The topological polar surface area (TPSA) is 26.0 Å². The quantitative estimate of drug-likeness (QED) is 0.610. The van der Waals surface area contributed by atoms with Crippen molar-refractivity contribution >= 4 is 42.4 Å². The van der Waals surface area contributed by atoms with E-state index in [1.807, 2.05) is 12.1 Å². The maximum atomic E-state index is 5.91. The molecule has 0 aromatic heterocycles. The van der Waals surface area contributed by atoms with Gasteiger partial charge >= 0.3 is 83.9 Å². The SMILES string of the molecule is Nc1ccccc1[As]1SCCS1. The van der Waals surface area contributed by atoms with Crippen LogP contribution in [0.3, 0.4) is 0 Å². The van der Waals surface area contributed by atoms with Gasteiger partial charge in [0.25, 0.3) is 0 Å². The van der Waals surface area contributed by atoms with Gasteiger partial charge < -0.3 is 0 Å². The van der Waals surface area contributed by atoms with Crippen molar-refractivity contribution in [2.24, 2.45) is 0 Å². The number of anilines is 1. The van der Waals surface area contributed by atoms with Crippen molar-refractivity contribution in [3.8, 4) is 0 Å². The van der Waals surface area contributed by atoms with E-state index in [1.54, 1.807) is 0 Å². The Morgan fingerprint density at radius 3 is 2.50 bits per heavy atom. The molecule has 1 fully saturated rings. The summed E-state index contributed by atoms with van der Waals surface area (Å²) in [6.45, 7) is 0. The summed E-state index contributed by atoms with van der Waals surface area (Å²) in [5, 5.41) is 0. The number of hydrogen-bond donors (Lipinski definition) is 1. The van der Waals surface area contributed by atoms with E-state index in [9.17, 15) is 0 Å². The molecule has 2 rings (SSSR count). The van der Waals surface area contributed by atoms with Crippen molar-refractivity contribution < 1.29 is 0 Å². The fourth-order valence-electron chi connectivity index (χ4n) is 1.07. The maximum absolute atomic E-state index is 5.91. The van der Waals surface area contributed by atoms with Gasteiger partial charge in [-0.25, -0.2) is 0 Å². The number of rotatable bonds is 1. The van der Waals surface area contributed by atoms with Crippen LogP contribution in [0.5, 0.6) is 0 Å². The molecular formula is C8H10AsNS2. The first-order valence-electron chi connectivity index (χ1n) is 3.78. The summed E-state index contributed by atoms with van der Waals surface area (Å²) >= 11 is -0.838. The van der Waals surface area contributed by atoms with Crippen LogP contribution in [0, 0.1) is 0 Å². The summed E-state index contributed by atoms with van der Waals surface area (Å²) in [4.78, 5) is 0. The third kappa shape index (κ3) is 1.78. The fraction of sp³-hybridized carbons (Fsp3) is 0.250. The molecule has 0 atom stereocenters. The summed E-state index contributed by atoms with van der Waals surface area (Å²) in [6.07, 6.45) is 0. The molecule has 2 N–H and O–H groups in total. The van der Waals surface area contributed by atoms with Crippen molar-refractivity contribution in [1.29, 1.82) is 0 Å². The summed E-state index contributed by atoms with van der Waals surface area (Å²) in [5.74, 6) is 2.64. The zero-order valence-electron chi connectivity index (χ0n) is 6.56. The zero-order valence-corrected chi connectivity index (χ0v) is 10.1. The van der Waals surface area contributed by atoms with Gasteiger partial charge in [0.2, 0.25) is 0 Å². The third-order valence-corrected chi connectivity index (χ3v) is 15.4. The van der Waals surface area contributed by atoms with Gasteiger partial charge in [0, 0.05) is 0 Å². The Morgan fingerprint density at radius 1 is 1.17 bits per heavy atom. The Bertz CT molecular complexity index is 274. The van der Waals surface area contributed by atoms with E-state index in [-0.39, 0.29) is 0 Å². The summed E-state index contributed by atoms with van der Waals surface area (Å²) < 4.78 is 1.44. The number of nitrogens with two attached hydrogens (primary N) is 1. The molecule has 0 radical (unpaired) electrons. The van der Waals surface area contributed by atoms with Crippen LogP contribution in [0.1, 0.15) is 0 Å². The van der Waals surface area contributed by atoms with Crippen LogP contribution in [0.25, 0.3) is 0 Å². The normalized spacial score (nSPS) is 18.3. The molecule has 0 bridgehead atoms. The molecule has 64 valence electrons. The van der Waals surface area contributed by atoms with Crippen molar-refractivity contribution in [2.45, 2.75) is 0 Å². The molecule has 0 saturated carbocycles. The molecular weight excluding hydrogens is 249 g/mol. The fourth-order valence-corrected chi connectivity index (χ4v) is 15.7. The first-order valence-corrected chi connectivity index (χ1v) is 11.2. The van der Waals surface area contributed by atoms with Gasteiger partial charge in [0.1, 0.15) is 0 Å². The first-order chi connectivity index (χ1) is 5.88. The number of hydrogen-bond acceptors (Lipinski definition) is 3. The van der Waals surface area contributed by atoms with Gasteiger partial charge in [-0.15, -0.1) is 0 Å². The van der Waals surface area contributed by atoms with Gasteiger partial charge in [-0.3, -0.25) is 0 Å². The molecule has 12 heavy (non-hydrogen) atoms. The van der Waals surface area contributed by atoms with Crippen LogP contribution >= 0.6 is 20.0 Å². The Morgan fingerprint density at radius 2 is 1.83 bits per heavy atom. The Kier molecular flexibility index (Phi) is 2.95. The summed E-state index contributed by atoms with van der Waals surface area (Å²) in [6, 6.07) is 8.32. The first kappa shape index (κ1) is 8.86. The van der Waals surface area contributed by atoms with E-state index in [1.165, 1.54) is 15.9 Å². The predicted molar refractivity (Wildman–Crippen MR) is 61.2 cm³/mol. The molecule has 1 nitrogen and oxygen atoms in total. The Hall–Kier alpha value is 0.278. The molecule has 1 aliphatic heterocycles. The molecule has 0 unspecified atom stereocenters. The molecule has 1 aromatic rings. The average molecular weight is 259 g/mol. The van der Waals surface area contributed by atoms with E-state index in [0.717, 1.165) is 5.69 Å². The average Bonchev–Trinajstić information content (AvgIpc) is 2.57. The number of benzene rings is 1. The number of para-hydroxylation sites is 1. The van der Waals surface area contributed by atoms with Gasteiger partial charge in [-0.05, 0) is 0 Å². The van der Waals surface area contributed by atoms with Crippen LogP contribution < -0.4 is 10.1 Å². The standard InChI is InChI=1S/C8H10AsNS2/c10-8-4-2-1-3-7(8)9-11-5-6-12-9/h1-4H,5-6,10H2. The van der Waals surface area contributed by atoms with Crippen molar-refractivity contribution in [1.82, 2.24) is 0 Å². The van der Waals surface area contributed by atoms with Crippen molar-refractivity contribution in [2.75, 3.05) is 17.2 Å². The van der Waals surface area contributed by atoms with E-state index in [4.69, 9.17) is 5.73 Å². The zero-order chi connectivity index (χ0) is 8.39. The number of nitrogen functional groups attached to an aromatic ring is 1. The van der Waals surface area contributed by atoms with Crippen LogP contribution in [-0.2, 0) is 0 Å². The molecule has 1 heterocycles. The second-order valence-electron chi connectivity index (χ2n) is 2.48. The van der Waals surface area contributed by atoms with Gasteiger partial charge in [-0.1, -0.05) is 0 Å². The van der Waals surface area contributed by atoms with E-state index in [2.05, 4.69) is 32.2 Å². The summed E-state index contributed by atoms with van der Waals surface area (Å²) in [7, 11) is 4.28. The minimum atomic E-state index is -0.838. The van der Waals surface area contributed by atoms with Crippen LogP contribution in [0.2, 0.25) is 0 Å². The van der Waals surface area contributed by atoms with Gasteiger partial charge in [0.15, 0.2) is 0 Å². The molecule has 1 aromatic carbocycles. The van der Waals surface area contributed by atoms with Crippen LogP contribution in [0.4, 0.5) is 5.69 Å². The molecule has 1 aliphatic rings. The van der Waals surface area contributed by atoms with E-state index >= 15 is 0 Å². The second-order valence-corrected chi connectivity index (χ2v) is 14.2. The molecule has 0 amide bonds. The molecule has 0 spiro atoms. The van der Waals surface area contributed by atoms with E-state index in [0.29, 0.717) is 0 Å².